The maximum absolute atomic E-state index is 12.8. The lowest BCUT2D eigenvalue weighted by molar-refractivity contribution is -0.131. The van der Waals surface area contributed by atoms with Crippen LogP contribution in [-0.4, -0.2) is 49.6 Å². The number of methoxy groups -OCH3 is 1. The summed E-state index contributed by atoms with van der Waals surface area (Å²) in [5.74, 6) is 1.88. The van der Waals surface area contributed by atoms with Crippen molar-refractivity contribution in [3.63, 3.8) is 0 Å². The predicted molar refractivity (Wildman–Crippen MR) is 137 cm³/mol. The molecule has 1 saturated carbocycles. The third-order valence-electron chi connectivity index (χ3n) is 7.12. The number of carbonyl (C=O) groups excluding carboxylic acids is 2. The van der Waals surface area contributed by atoms with E-state index in [1.54, 1.807) is 7.11 Å². The van der Waals surface area contributed by atoms with Gasteiger partial charge in [0.05, 0.1) is 13.5 Å². The van der Waals surface area contributed by atoms with Crippen molar-refractivity contribution in [2.75, 3.05) is 26.8 Å². The van der Waals surface area contributed by atoms with E-state index >= 15 is 0 Å². The van der Waals surface area contributed by atoms with Gasteiger partial charge in [-0.2, -0.15) is 0 Å². The lowest BCUT2D eigenvalue weighted by atomic mass is 9.84. The Labute approximate surface area is 212 Å². The summed E-state index contributed by atoms with van der Waals surface area (Å²) in [7, 11) is 1.62. The standard InChI is InChI=1S/C28H35ClN2O4/c1-34-25-10-6-5-9-21(25)17-28(33)31-15-13-23(14-16-31)30-27(32)19-35-26-12-11-22(29)18-24(26)20-7-3-2-4-8-20/h5-6,9-12,18,20,23H,2-4,7-8,13-17,19H2,1H3,(H,30,32). The Morgan fingerprint density at radius 3 is 2.49 bits per heavy atom. The van der Waals surface area contributed by atoms with Gasteiger partial charge in [-0.1, -0.05) is 49.1 Å². The molecule has 1 heterocycles. The van der Waals surface area contributed by atoms with E-state index in [1.165, 1.54) is 19.3 Å². The highest BCUT2D eigenvalue weighted by Crippen LogP contribution is 2.38. The van der Waals surface area contributed by atoms with Gasteiger partial charge < -0.3 is 19.7 Å². The lowest BCUT2D eigenvalue weighted by Gasteiger charge is -2.32. The second-order valence-electron chi connectivity index (χ2n) is 9.52. The van der Waals surface area contributed by atoms with E-state index in [4.69, 9.17) is 21.1 Å². The molecule has 1 aliphatic carbocycles. The Morgan fingerprint density at radius 2 is 1.74 bits per heavy atom. The fourth-order valence-electron chi connectivity index (χ4n) is 5.19. The third-order valence-corrected chi connectivity index (χ3v) is 7.36. The Morgan fingerprint density at radius 1 is 1.00 bits per heavy atom. The number of nitrogens with one attached hydrogen (secondary N) is 1. The minimum atomic E-state index is -0.131. The number of benzene rings is 2. The van der Waals surface area contributed by atoms with Crippen LogP contribution < -0.4 is 14.8 Å². The summed E-state index contributed by atoms with van der Waals surface area (Å²) in [5, 5.41) is 3.78. The molecule has 2 amide bonds. The molecule has 6 nitrogen and oxygen atoms in total. The van der Waals surface area contributed by atoms with Crippen LogP contribution in [0.1, 0.15) is 62.0 Å². The number of piperidine rings is 1. The fraction of sp³-hybridized carbons (Fsp3) is 0.500. The first-order chi connectivity index (χ1) is 17.0. The van der Waals surface area contributed by atoms with Gasteiger partial charge in [-0.15, -0.1) is 0 Å². The van der Waals surface area contributed by atoms with Gasteiger partial charge in [0.2, 0.25) is 5.91 Å². The Bertz CT molecular complexity index is 1010. The van der Waals surface area contributed by atoms with Gasteiger partial charge in [0.25, 0.3) is 5.91 Å². The first kappa shape index (κ1) is 25.4. The summed E-state index contributed by atoms with van der Waals surface area (Å²) in [6, 6.07) is 13.3. The SMILES string of the molecule is COc1ccccc1CC(=O)N1CCC(NC(=O)COc2ccc(Cl)cc2C2CCCCC2)CC1. The number of carbonyl (C=O) groups is 2. The monoisotopic (exact) mass is 498 g/mol. The topological polar surface area (TPSA) is 67.9 Å². The highest BCUT2D eigenvalue weighted by molar-refractivity contribution is 6.30. The number of rotatable bonds is 8. The molecule has 2 fully saturated rings. The molecule has 2 aromatic rings. The van der Waals surface area contributed by atoms with Gasteiger partial charge in [0.15, 0.2) is 6.61 Å². The van der Waals surface area contributed by atoms with Crippen LogP contribution in [0.4, 0.5) is 0 Å². The van der Waals surface area contributed by atoms with Crippen molar-refractivity contribution in [1.29, 1.82) is 0 Å². The number of para-hydroxylation sites is 1. The van der Waals surface area contributed by atoms with E-state index in [1.807, 2.05) is 47.4 Å². The number of likely N-dealkylation sites (tertiary alicyclic amines) is 1. The van der Waals surface area contributed by atoms with E-state index in [0.29, 0.717) is 30.5 Å². The summed E-state index contributed by atoms with van der Waals surface area (Å²) in [6.45, 7) is 1.24. The molecule has 0 radical (unpaired) electrons. The third kappa shape index (κ3) is 6.91. The molecule has 0 spiro atoms. The average Bonchev–Trinajstić information content (AvgIpc) is 2.89. The van der Waals surface area contributed by atoms with Gasteiger partial charge in [-0.05, 0) is 61.4 Å². The second kappa shape index (κ2) is 12.3. The number of hydrogen-bond donors (Lipinski definition) is 1. The summed E-state index contributed by atoms with van der Waals surface area (Å²) in [4.78, 5) is 27.2. The minimum absolute atomic E-state index is 0.0195. The van der Waals surface area contributed by atoms with Crippen molar-refractivity contribution in [2.45, 2.75) is 63.3 Å². The molecule has 2 aromatic carbocycles. The molecular weight excluding hydrogens is 464 g/mol. The van der Waals surface area contributed by atoms with Crippen molar-refractivity contribution in [3.05, 3.63) is 58.6 Å². The molecule has 4 rings (SSSR count). The van der Waals surface area contributed by atoms with E-state index in [9.17, 15) is 9.59 Å². The maximum atomic E-state index is 12.8. The first-order valence-corrected chi connectivity index (χ1v) is 13.0. The van der Waals surface area contributed by atoms with Crippen LogP contribution in [0.5, 0.6) is 11.5 Å². The number of nitrogens with zero attached hydrogens (tertiary/aromatic N) is 1. The zero-order valence-electron chi connectivity index (χ0n) is 20.4. The maximum Gasteiger partial charge on any atom is 0.258 e. The molecule has 1 N–H and O–H groups in total. The molecule has 188 valence electrons. The van der Waals surface area contributed by atoms with Crippen LogP contribution in [0.2, 0.25) is 5.02 Å². The largest absolute Gasteiger partial charge is 0.496 e. The van der Waals surface area contributed by atoms with Gasteiger partial charge in [-0.25, -0.2) is 0 Å². The van der Waals surface area contributed by atoms with E-state index in [2.05, 4.69) is 5.32 Å². The average molecular weight is 499 g/mol. The van der Waals surface area contributed by atoms with Crippen LogP contribution in [-0.2, 0) is 16.0 Å². The number of halogens is 1. The van der Waals surface area contributed by atoms with Gasteiger partial charge in [0.1, 0.15) is 11.5 Å². The summed E-state index contributed by atoms with van der Waals surface area (Å²) in [6.07, 6.45) is 7.78. The van der Waals surface area contributed by atoms with Crippen molar-refractivity contribution in [3.8, 4) is 11.5 Å². The van der Waals surface area contributed by atoms with E-state index in [-0.39, 0.29) is 24.5 Å². The van der Waals surface area contributed by atoms with Crippen molar-refractivity contribution < 1.29 is 19.1 Å². The van der Waals surface area contributed by atoms with E-state index < -0.39 is 0 Å². The van der Waals surface area contributed by atoms with Crippen LogP contribution in [0.15, 0.2) is 42.5 Å². The highest BCUT2D eigenvalue weighted by Gasteiger charge is 2.25. The molecule has 0 bridgehead atoms. The predicted octanol–water partition coefficient (Wildman–Crippen LogP) is 5.13. The summed E-state index contributed by atoms with van der Waals surface area (Å²) in [5.41, 5.74) is 2.01. The van der Waals surface area contributed by atoms with Crippen LogP contribution >= 0.6 is 11.6 Å². The molecule has 0 atom stereocenters. The molecule has 1 saturated heterocycles. The quantitative estimate of drug-likeness (QED) is 0.548. The molecule has 7 heteroatoms. The van der Waals surface area contributed by atoms with Crippen molar-refractivity contribution in [1.82, 2.24) is 10.2 Å². The van der Waals surface area contributed by atoms with Crippen LogP contribution in [0.3, 0.4) is 0 Å². The Hall–Kier alpha value is -2.73. The first-order valence-electron chi connectivity index (χ1n) is 12.6. The summed E-state index contributed by atoms with van der Waals surface area (Å²) < 4.78 is 11.3. The van der Waals surface area contributed by atoms with E-state index in [0.717, 1.165) is 48.3 Å². The molecule has 1 aliphatic heterocycles. The Balaban J connectivity index is 1.24. The van der Waals surface area contributed by atoms with Crippen LogP contribution in [0.25, 0.3) is 0 Å². The van der Waals surface area contributed by atoms with Crippen molar-refractivity contribution >= 4 is 23.4 Å². The normalized spacial score (nSPS) is 17.1. The smallest absolute Gasteiger partial charge is 0.258 e. The molecule has 2 aliphatic rings. The van der Waals surface area contributed by atoms with Gasteiger partial charge in [-0.3, -0.25) is 9.59 Å². The second-order valence-corrected chi connectivity index (χ2v) is 9.95. The zero-order chi connectivity index (χ0) is 24.6. The van der Waals surface area contributed by atoms with Gasteiger partial charge >= 0.3 is 0 Å². The number of amides is 2. The molecule has 0 unspecified atom stereocenters. The summed E-state index contributed by atoms with van der Waals surface area (Å²) >= 11 is 6.25. The zero-order valence-corrected chi connectivity index (χ0v) is 21.2. The fourth-order valence-corrected chi connectivity index (χ4v) is 5.37. The minimum Gasteiger partial charge on any atom is -0.496 e. The molecule has 0 aromatic heterocycles. The van der Waals surface area contributed by atoms with Gasteiger partial charge in [0, 0.05) is 29.7 Å². The molecule has 35 heavy (non-hydrogen) atoms. The Kier molecular flexibility index (Phi) is 8.91. The van der Waals surface area contributed by atoms with Crippen LogP contribution in [0, 0.1) is 0 Å². The van der Waals surface area contributed by atoms with Crippen molar-refractivity contribution in [2.24, 2.45) is 0 Å². The lowest BCUT2D eigenvalue weighted by Crippen LogP contribution is -2.47. The number of hydrogen-bond acceptors (Lipinski definition) is 4. The highest BCUT2D eigenvalue weighted by atomic mass is 35.5. The number of ether oxygens (including phenoxy) is 2. The molecular formula is C28H35ClN2O4.